The molecule has 0 amide bonds. The molecule has 0 spiro atoms. The second kappa shape index (κ2) is 10.4. The highest BCUT2D eigenvalue weighted by atomic mass is 32.1. The molecule has 1 atom stereocenters. The molecule has 2 aromatic heterocycles. The van der Waals surface area contributed by atoms with Crippen LogP contribution in [0, 0.1) is 0 Å². The summed E-state index contributed by atoms with van der Waals surface area (Å²) in [5.41, 5.74) is 2.50. The van der Waals surface area contributed by atoms with Crippen molar-refractivity contribution in [1.82, 2.24) is 20.5 Å². The summed E-state index contributed by atoms with van der Waals surface area (Å²) in [5, 5.41) is 11.1. The van der Waals surface area contributed by atoms with Gasteiger partial charge in [0.15, 0.2) is 5.96 Å². The smallest absolute Gasteiger partial charge is 0.191 e. The van der Waals surface area contributed by atoms with E-state index in [1.807, 2.05) is 6.20 Å². The van der Waals surface area contributed by atoms with Gasteiger partial charge in [-0.05, 0) is 53.9 Å². The maximum Gasteiger partial charge on any atom is 0.191 e. The van der Waals surface area contributed by atoms with E-state index in [2.05, 4.69) is 75.3 Å². The van der Waals surface area contributed by atoms with Crippen LogP contribution in [-0.4, -0.2) is 62.2 Å². The average molecular weight is 401 g/mol. The first-order valence-corrected chi connectivity index (χ1v) is 11.0. The van der Waals surface area contributed by atoms with Crippen molar-refractivity contribution < 1.29 is 0 Å². The predicted octanol–water partition coefficient (Wildman–Crippen LogP) is 2.75. The van der Waals surface area contributed by atoms with Crippen LogP contribution < -0.4 is 15.5 Å². The first-order chi connectivity index (χ1) is 13.7. The minimum Gasteiger partial charge on any atom is -0.357 e. The number of rotatable bonds is 7. The van der Waals surface area contributed by atoms with Crippen LogP contribution in [0.1, 0.15) is 30.9 Å². The monoisotopic (exact) mass is 400 g/mol. The summed E-state index contributed by atoms with van der Waals surface area (Å²) in [4.78, 5) is 14.1. The lowest BCUT2D eigenvalue weighted by Gasteiger charge is -2.33. The van der Waals surface area contributed by atoms with Gasteiger partial charge in [0.1, 0.15) is 5.82 Å². The summed E-state index contributed by atoms with van der Waals surface area (Å²) in [7, 11) is 2.17. The Kier molecular flexibility index (Phi) is 7.68. The van der Waals surface area contributed by atoms with Gasteiger partial charge in [-0.15, -0.1) is 0 Å². The Labute approximate surface area is 172 Å². The Balaban J connectivity index is 1.53. The number of thiophene rings is 1. The van der Waals surface area contributed by atoms with E-state index in [-0.39, 0.29) is 0 Å². The van der Waals surface area contributed by atoms with Crippen molar-refractivity contribution in [3.8, 4) is 0 Å². The topological polar surface area (TPSA) is 55.8 Å². The molecule has 1 unspecified atom stereocenters. The zero-order chi connectivity index (χ0) is 19.8. The molecule has 1 saturated heterocycles. The third-order valence-electron chi connectivity index (χ3n) is 5.09. The summed E-state index contributed by atoms with van der Waals surface area (Å²) < 4.78 is 0. The Morgan fingerprint density at radius 2 is 2.04 bits per heavy atom. The van der Waals surface area contributed by atoms with Crippen LogP contribution in [-0.2, 0) is 6.54 Å². The third-order valence-corrected chi connectivity index (χ3v) is 5.79. The number of nitrogens with zero attached hydrogens (tertiary/aromatic N) is 4. The number of nitrogens with one attached hydrogen (secondary N) is 2. The molecule has 2 aromatic rings. The molecular weight excluding hydrogens is 368 g/mol. The molecule has 1 fully saturated rings. The summed E-state index contributed by atoms with van der Waals surface area (Å²) in [5.74, 6) is 2.38. The van der Waals surface area contributed by atoms with Crippen LogP contribution in [0.25, 0.3) is 0 Å². The fraction of sp³-hybridized carbons (Fsp3) is 0.524. The minimum atomic E-state index is 0.458. The summed E-state index contributed by atoms with van der Waals surface area (Å²) in [6.07, 6.45) is 1.95. The number of anilines is 1. The van der Waals surface area contributed by atoms with E-state index < -0.39 is 0 Å². The van der Waals surface area contributed by atoms with E-state index in [4.69, 9.17) is 4.99 Å². The molecule has 2 N–H and O–H groups in total. The molecule has 3 heterocycles. The van der Waals surface area contributed by atoms with Crippen LogP contribution in [0.15, 0.2) is 40.1 Å². The van der Waals surface area contributed by atoms with Gasteiger partial charge in [-0.25, -0.2) is 9.98 Å². The standard InChI is InChI=1S/C21H32N6S/c1-4-22-21(24-13-17(2)19-7-12-28-16-19)25-15-18-5-6-20(23-14-18)27-10-8-26(3)9-11-27/h5-7,12,14,16-17H,4,8-11,13,15H2,1-3H3,(H2,22,24,25). The van der Waals surface area contributed by atoms with E-state index >= 15 is 0 Å². The molecule has 0 saturated carbocycles. The van der Waals surface area contributed by atoms with Crippen molar-refractivity contribution in [2.24, 2.45) is 4.99 Å². The van der Waals surface area contributed by atoms with Crippen LogP contribution in [0.3, 0.4) is 0 Å². The maximum absolute atomic E-state index is 4.73. The maximum atomic E-state index is 4.73. The van der Waals surface area contributed by atoms with Gasteiger partial charge < -0.3 is 20.4 Å². The highest BCUT2D eigenvalue weighted by Crippen LogP contribution is 2.17. The molecule has 28 heavy (non-hydrogen) atoms. The van der Waals surface area contributed by atoms with Crippen LogP contribution in [0.2, 0.25) is 0 Å². The second-order valence-electron chi connectivity index (χ2n) is 7.35. The highest BCUT2D eigenvalue weighted by molar-refractivity contribution is 7.07. The van der Waals surface area contributed by atoms with Gasteiger partial charge in [0.2, 0.25) is 0 Å². The molecule has 0 bridgehead atoms. The molecule has 1 aliphatic heterocycles. The number of pyridine rings is 1. The van der Waals surface area contributed by atoms with Crippen LogP contribution in [0.4, 0.5) is 5.82 Å². The summed E-state index contributed by atoms with van der Waals surface area (Å²) >= 11 is 1.74. The van der Waals surface area contributed by atoms with E-state index in [1.165, 1.54) is 5.56 Å². The zero-order valence-electron chi connectivity index (χ0n) is 17.2. The summed E-state index contributed by atoms with van der Waals surface area (Å²) in [6, 6.07) is 6.45. The number of aromatic nitrogens is 1. The van der Waals surface area contributed by atoms with Crippen LogP contribution in [0.5, 0.6) is 0 Å². The number of aliphatic imine (C=N–C) groups is 1. The average Bonchev–Trinajstić information content (AvgIpc) is 3.26. The normalized spacial score (nSPS) is 16.8. The second-order valence-corrected chi connectivity index (χ2v) is 8.13. The first kappa shape index (κ1) is 20.6. The van der Waals surface area contributed by atoms with Crippen molar-refractivity contribution in [2.75, 3.05) is 51.2 Å². The number of hydrogen-bond donors (Lipinski definition) is 2. The van der Waals surface area contributed by atoms with Gasteiger partial charge in [0, 0.05) is 45.5 Å². The van der Waals surface area contributed by atoms with Crippen molar-refractivity contribution in [3.05, 3.63) is 46.3 Å². The lowest BCUT2D eigenvalue weighted by atomic mass is 10.1. The van der Waals surface area contributed by atoms with E-state index in [9.17, 15) is 0 Å². The minimum absolute atomic E-state index is 0.458. The summed E-state index contributed by atoms with van der Waals surface area (Å²) in [6.45, 7) is 10.9. The highest BCUT2D eigenvalue weighted by Gasteiger charge is 2.15. The molecule has 0 aliphatic carbocycles. The SMILES string of the molecule is CCNC(=NCc1ccc(N2CCN(C)CC2)nc1)NCC(C)c1ccsc1. The van der Waals surface area contributed by atoms with Gasteiger partial charge in [-0.2, -0.15) is 11.3 Å². The number of piperazine rings is 1. The van der Waals surface area contributed by atoms with Gasteiger partial charge in [-0.1, -0.05) is 13.0 Å². The molecule has 0 radical (unpaired) electrons. The van der Waals surface area contributed by atoms with E-state index in [0.29, 0.717) is 12.5 Å². The van der Waals surface area contributed by atoms with Gasteiger partial charge in [0.25, 0.3) is 0 Å². The fourth-order valence-corrected chi connectivity index (χ4v) is 3.95. The lowest BCUT2D eigenvalue weighted by molar-refractivity contribution is 0.312. The molecular formula is C21H32N6S. The zero-order valence-corrected chi connectivity index (χ0v) is 18.0. The van der Waals surface area contributed by atoms with Crippen LogP contribution >= 0.6 is 11.3 Å². The van der Waals surface area contributed by atoms with Crippen molar-refractivity contribution in [1.29, 1.82) is 0 Å². The molecule has 0 aromatic carbocycles. The van der Waals surface area contributed by atoms with Crippen molar-refractivity contribution >= 4 is 23.1 Å². The van der Waals surface area contributed by atoms with Gasteiger partial charge in [0.05, 0.1) is 6.54 Å². The molecule has 1 aliphatic rings. The quantitative estimate of drug-likeness (QED) is 0.553. The predicted molar refractivity (Wildman–Crippen MR) is 119 cm³/mol. The molecule has 6 nitrogen and oxygen atoms in total. The number of likely N-dealkylation sites (N-methyl/N-ethyl adjacent to an activating group) is 1. The molecule has 3 rings (SSSR count). The fourth-order valence-electron chi connectivity index (χ4n) is 3.17. The Morgan fingerprint density at radius 1 is 1.21 bits per heavy atom. The molecule has 152 valence electrons. The number of hydrogen-bond acceptors (Lipinski definition) is 5. The van der Waals surface area contributed by atoms with Gasteiger partial charge in [-0.3, -0.25) is 0 Å². The largest absolute Gasteiger partial charge is 0.357 e. The van der Waals surface area contributed by atoms with E-state index in [1.54, 1.807) is 11.3 Å². The van der Waals surface area contributed by atoms with Crippen molar-refractivity contribution in [3.63, 3.8) is 0 Å². The van der Waals surface area contributed by atoms with Gasteiger partial charge >= 0.3 is 0 Å². The Bertz CT molecular complexity index is 720. The van der Waals surface area contributed by atoms with Crippen molar-refractivity contribution in [2.45, 2.75) is 26.3 Å². The van der Waals surface area contributed by atoms with E-state index in [0.717, 1.165) is 56.6 Å². The molecule has 7 heteroatoms. The Morgan fingerprint density at radius 3 is 2.68 bits per heavy atom. The lowest BCUT2D eigenvalue weighted by Crippen LogP contribution is -2.44. The first-order valence-electron chi connectivity index (χ1n) is 10.1. The third kappa shape index (κ3) is 5.94. The number of guanidine groups is 1. The Hall–Kier alpha value is -2.12.